The van der Waals surface area contributed by atoms with Crippen LogP contribution in [0.5, 0.6) is 0 Å². The zero-order valence-electron chi connectivity index (χ0n) is 12.5. The molecule has 0 atom stereocenters. The van der Waals surface area contributed by atoms with Crippen LogP contribution in [0.25, 0.3) is 0 Å². The van der Waals surface area contributed by atoms with Crippen molar-refractivity contribution in [2.75, 3.05) is 16.8 Å². The van der Waals surface area contributed by atoms with Gasteiger partial charge in [-0.2, -0.15) is 0 Å². The van der Waals surface area contributed by atoms with Gasteiger partial charge in [-0.3, -0.25) is 9.59 Å². The number of hydrogen-bond donors (Lipinski definition) is 2. The van der Waals surface area contributed by atoms with Crippen molar-refractivity contribution in [1.29, 1.82) is 0 Å². The van der Waals surface area contributed by atoms with E-state index >= 15 is 0 Å². The number of hydrogen-bond acceptors (Lipinski definition) is 5. The fourth-order valence-corrected chi connectivity index (χ4v) is 2.91. The molecule has 7 nitrogen and oxygen atoms in total. The van der Waals surface area contributed by atoms with Gasteiger partial charge >= 0.3 is 0 Å². The molecule has 0 aliphatic carbocycles. The van der Waals surface area contributed by atoms with Crippen LogP contribution in [-0.4, -0.2) is 31.7 Å². The molecule has 1 heterocycles. The van der Waals surface area contributed by atoms with Gasteiger partial charge in [0.15, 0.2) is 9.84 Å². The first-order valence-corrected chi connectivity index (χ1v) is 8.71. The fraction of sp³-hybridized carbons (Fsp3) is 0.200. The first kappa shape index (κ1) is 17.7. The van der Waals surface area contributed by atoms with Gasteiger partial charge in [-0.15, -0.1) is 0 Å². The van der Waals surface area contributed by atoms with Crippen LogP contribution in [-0.2, 0) is 26.0 Å². The standard InChI is InChI=1S/C15H15FN2O5S/c16-11-3-5-12(6-4-11)18-15(20)10-24(21,22)9-14(19)17-8-13-2-1-7-23-13/h1-7H,8-10H2,(H,17,19)(H,18,20). The lowest BCUT2D eigenvalue weighted by Crippen LogP contribution is -2.33. The van der Waals surface area contributed by atoms with Gasteiger partial charge in [0, 0.05) is 5.69 Å². The number of amides is 2. The van der Waals surface area contributed by atoms with Crippen molar-refractivity contribution in [3.05, 3.63) is 54.2 Å². The van der Waals surface area contributed by atoms with Crippen LogP contribution in [0, 0.1) is 5.82 Å². The number of furan rings is 1. The van der Waals surface area contributed by atoms with Crippen LogP contribution < -0.4 is 10.6 Å². The third-order valence-corrected chi connectivity index (χ3v) is 4.27. The Bertz CT molecular complexity index is 801. The third-order valence-electron chi connectivity index (χ3n) is 2.87. The van der Waals surface area contributed by atoms with Gasteiger partial charge in [0.25, 0.3) is 0 Å². The van der Waals surface area contributed by atoms with Crippen LogP contribution >= 0.6 is 0 Å². The van der Waals surface area contributed by atoms with Crippen LogP contribution in [0.3, 0.4) is 0 Å². The minimum atomic E-state index is -3.93. The van der Waals surface area contributed by atoms with Crippen LogP contribution in [0.15, 0.2) is 47.1 Å². The Morgan fingerprint density at radius 1 is 1.04 bits per heavy atom. The summed E-state index contributed by atoms with van der Waals surface area (Å²) in [5, 5.41) is 4.71. The van der Waals surface area contributed by atoms with Crippen LogP contribution in [0.4, 0.5) is 10.1 Å². The molecule has 0 saturated heterocycles. The molecule has 0 aliphatic heterocycles. The number of carbonyl (C=O) groups is 2. The lowest BCUT2D eigenvalue weighted by molar-refractivity contribution is -0.118. The molecular weight excluding hydrogens is 339 g/mol. The lowest BCUT2D eigenvalue weighted by Gasteiger charge is -2.07. The second kappa shape index (κ2) is 7.73. The summed E-state index contributed by atoms with van der Waals surface area (Å²) < 4.78 is 41.5. The zero-order chi connectivity index (χ0) is 17.6. The zero-order valence-corrected chi connectivity index (χ0v) is 13.3. The highest BCUT2D eigenvalue weighted by Gasteiger charge is 2.21. The third kappa shape index (κ3) is 5.84. The molecule has 2 amide bonds. The van der Waals surface area contributed by atoms with E-state index in [1.807, 2.05) is 0 Å². The molecule has 0 unspecified atom stereocenters. The Morgan fingerprint density at radius 2 is 1.71 bits per heavy atom. The monoisotopic (exact) mass is 354 g/mol. The predicted molar refractivity (Wildman–Crippen MR) is 84.2 cm³/mol. The number of nitrogens with one attached hydrogen (secondary N) is 2. The summed E-state index contributed by atoms with van der Waals surface area (Å²) in [5.74, 6) is -3.20. The Balaban J connectivity index is 1.82. The molecule has 128 valence electrons. The molecular formula is C15H15FN2O5S. The van der Waals surface area contributed by atoms with Crippen molar-refractivity contribution < 1.29 is 26.8 Å². The number of anilines is 1. The second-order valence-electron chi connectivity index (χ2n) is 4.94. The summed E-state index contributed by atoms with van der Waals surface area (Å²) in [6.07, 6.45) is 1.43. The van der Waals surface area contributed by atoms with E-state index in [4.69, 9.17) is 4.42 Å². The minimum absolute atomic E-state index is 0.0587. The summed E-state index contributed by atoms with van der Waals surface area (Å²) in [4.78, 5) is 23.3. The van der Waals surface area contributed by atoms with Gasteiger partial charge in [0.05, 0.1) is 12.8 Å². The smallest absolute Gasteiger partial charge is 0.239 e. The number of sulfone groups is 1. The first-order chi connectivity index (χ1) is 11.3. The molecule has 1 aromatic carbocycles. The molecule has 0 radical (unpaired) electrons. The molecule has 1 aromatic heterocycles. The maximum Gasteiger partial charge on any atom is 0.239 e. The van der Waals surface area contributed by atoms with Gasteiger partial charge in [-0.1, -0.05) is 0 Å². The average Bonchev–Trinajstić information content (AvgIpc) is 2.99. The van der Waals surface area contributed by atoms with Crippen molar-refractivity contribution >= 4 is 27.3 Å². The van der Waals surface area contributed by atoms with E-state index in [1.54, 1.807) is 12.1 Å². The topological polar surface area (TPSA) is 105 Å². The minimum Gasteiger partial charge on any atom is -0.467 e. The average molecular weight is 354 g/mol. The summed E-state index contributed by atoms with van der Waals surface area (Å²) in [6.45, 7) is 0.0587. The number of halogens is 1. The normalized spacial score (nSPS) is 11.0. The molecule has 0 spiro atoms. The molecule has 24 heavy (non-hydrogen) atoms. The largest absolute Gasteiger partial charge is 0.467 e. The number of carbonyl (C=O) groups excluding carboxylic acids is 2. The van der Waals surface area contributed by atoms with Gasteiger partial charge in [0.2, 0.25) is 11.8 Å². The summed E-state index contributed by atoms with van der Waals surface area (Å²) in [5.41, 5.74) is 0.263. The Labute approximate surface area is 137 Å². The fourth-order valence-electron chi connectivity index (χ4n) is 1.83. The van der Waals surface area contributed by atoms with Crippen molar-refractivity contribution in [2.24, 2.45) is 0 Å². The van der Waals surface area contributed by atoms with Gasteiger partial charge in [0.1, 0.15) is 23.1 Å². The van der Waals surface area contributed by atoms with E-state index in [-0.39, 0.29) is 12.2 Å². The Kier molecular flexibility index (Phi) is 5.69. The first-order valence-electron chi connectivity index (χ1n) is 6.89. The van der Waals surface area contributed by atoms with Crippen LogP contribution in [0.1, 0.15) is 5.76 Å². The van der Waals surface area contributed by atoms with Crippen molar-refractivity contribution in [1.82, 2.24) is 5.32 Å². The van der Waals surface area contributed by atoms with E-state index in [2.05, 4.69) is 10.6 Å². The van der Waals surface area contributed by atoms with Gasteiger partial charge in [-0.05, 0) is 36.4 Å². The van der Waals surface area contributed by atoms with Gasteiger partial charge in [-0.25, -0.2) is 12.8 Å². The Morgan fingerprint density at radius 3 is 2.33 bits per heavy atom. The predicted octanol–water partition coefficient (Wildman–Crippen LogP) is 1.09. The van der Waals surface area contributed by atoms with E-state index in [0.29, 0.717) is 5.76 Å². The highest BCUT2D eigenvalue weighted by atomic mass is 32.2. The molecule has 2 N–H and O–H groups in total. The number of rotatable bonds is 7. The van der Waals surface area contributed by atoms with Crippen molar-refractivity contribution in [3.63, 3.8) is 0 Å². The van der Waals surface area contributed by atoms with Crippen molar-refractivity contribution in [3.8, 4) is 0 Å². The van der Waals surface area contributed by atoms with Crippen LogP contribution in [0.2, 0.25) is 0 Å². The lowest BCUT2D eigenvalue weighted by atomic mass is 10.3. The maximum atomic E-state index is 12.8. The summed E-state index contributed by atoms with van der Waals surface area (Å²) in [6, 6.07) is 8.13. The quantitative estimate of drug-likeness (QED) is 0.774. The molecule has 2 rings (SSSR count). The highest BCUT2D eigenvalue weighted by Crippen LogP contribution is 2.08. The second-order valence-corrected chi connectivity index (χ2v) is 7.01. The molecule has 0 bridgehead atoms. The molecule has 2 aromatic rings. The summed E-state index contributed by atoms with van der Waals surface area (Å²) >= 11 is 0. The van der Waals surface area contributed by atoms with E-state index in [1.165, 1.54) is 18.4 Å². The van der Waals surface area contributed by atoms with E-state index in [9.17, 15) is 22.4 Å². The van der Waals surface area contributed by atoms with E-state index < -0.39 is 39.0 Å². The molecule has 0 aliphatic rings. The van der Waals surface area contributed by atoms with E-state index in [0.717, 1.165) is 12.1 Å². The number of benzene rings is 1. The SMILES string of the molecule is O=C(CS(=O)(=O)CC(=O)Nc1ccc(F)cc1)NCc1ccco1. The molecule has 0 fully saturated rings. The Hall–Kier alpha value is -2.68. The highest BCUT2D eigenvalue weighted by molar-refractivity contribution is 7.92. The molecule has 0 saturated carbocycles. The van der Waals surface area contributed by atoms with Gasteiger partial charge < -0.3 is 15.1 Å². The maximum absolute atomic E-state index is 12.8. The summed E-state index contributed by atoms with van der Waals surface area (Å²) in [7, 11) is -3.93. The van der Waals surface area contributed by atoms with Crippen molar-refractivity contribution in [2.45, 2.75) is 6.54 Å². The molecule has 9 heteroatoms.